The third kappa shape index (κ3) is 5.75. The van der Waals surface area contributed by atoms with Gasteiger partial charge in [0.2, 0.25) is 0 Å². The van der Waals surface area contributed by atoms with Gasteiger partial charge in [0.15, 0.2) is 5.82 Å². The number of hydrogen-bond donors (Lipinski definition) is 0. The van der Waals surface area contributed by atoms with Crippen LogP contribution in [0.4, 0.5) is 22.0 Å². The Morgan fingerprint density at radius 1 is 1.16 bits per heavy atom. The number of nitrogens with zero attached hydrogens (tertiary/aromatic N) is 6. The summed E-state index contributed by atoms with van der Waals surface area (Å²) in [5, 5.41) is 3.98. The predicted octanol–water partition coefficient (Wildman–Crippen LogP) is 4.14. The second-order valence-corrected chi connectivity index (χ2v) is 7.32. The number of thioether (sulfide) groups is 1. The average molecular weight is 458 g/mol. The number of halogens is 5. The zero-order valence-corrected chi connectivity index (χ0v) is 16.7. The number of amides is 1. The molecule has 2 heterocycles. The van der Waals surface area contributed by atoms with E-state index in [9.17, 15) is 26.7 Å². The molecule has 0 aliphatic carbocycles. The first-order valence-electron chi connectivity index (χ1n) is 8.78. The van der Waals surface area contributed by atoms with Crippen LogP contribution >= 0.6 is 11.8 Å². The van der Waals surface area contributed by atoms with Gasteiger partial charge in [0.25, 0.3) is 18.3 Å². The number of aromatic nitrogens is 5. The van der Waals surface area contributed by atoms with Gasteiger partial charge in [-0.25, -0.2) is 23.7 Å². The standard InChI is InChI=1S/C18H15F5N6OS/c1-11(15-26-10-27-29(15)17-24-6-3-7-25-17)28(9-14(19)20)16(30)12-4-2-5-13(8-12)31-18(21,22)23/h2-8,10-11,14H,9H2,1H3. The van der Waals surface area contributed by atoms with Crippen molar-refractivity contribution in [3.05, 3.63) is 60.4 Å². The molecular weight excluding hydrogens is 443 g/mol. The fourth-order valence-corrected chi connectivity index (χ4v) is 3.39. The number of rotatable bonds is 7. The van der Waals surface area contributed by atoms with E-state index in [0.29, 0.717) is 0 Å². The lowest BCUT2D eigenvalue weighted by molar-refractivity contribution is -0.0328. The third-order valence-electron chi connectivity index (χ3n) is 4.07. The zero-order chi connectivity index (χ0) is 22.6. The molecule has 3 rings (SSSR count). The van der Waals surface area contributed by atoms with Crippen molar-refractivity contribution in [1.82, 2.24) is 29.6 Å². The molecule has 0 bridgehead atoms. The molecule has 0 aliphatic rings. The highest BCUT2D eigenvalue weighted by Crippen LogP contribution is 2.37. The highest BCUT2D eigenvalue weighted by molar-refractivity contribution is 8.00. The number of hydrogen-bond acceptors (Lipinski definition) is 6. The van der Waals surface area contributed by atoms with Gasteiger partial charge in [-0.2, -0.15) is 23.0 Å². The van der Waals surface area contributed by atoms with Crippen LogP contribution in [0.2, 0.25) is 0 Å². The molecule has 0 saturated heterocycles. The van der Waals surface area contributed by atoms with E-state index in [1.165, 1.54) is 42.2 Å². The van der Waals surface area contributed by atoms with Crippen molar-refractivity contribution >= 4 is 17.7 Å². The molecule has 1 aromatic carbocycles. The minimum absolute atomic E-state index is 0.112. The van der Waals surface area contributed by atoms with E-state index in [4.69, 9.17) is 0 Å². The van der Waals surface area contributed by atoms with Crippen molar-refractivity contribution in [2.24, 2.45) is 0 Å². The van der Waals surface area contributed by atoms with Gasteiger partial charge in [-0.1, -0.05) is 6.07 Å². The number of alkyl halides is 5. The maximum absolute atomic E-state index is 13.3. The van der Waals surface area contributed by atoms with Crippen molar-refractivity contribution in [3.63, 3.8) is 0 Å². The third-order valence-corrected chi connectivity index (χ3v) is 4.79. The summed E-state index contributed by atoms with van der Waals surface area (Å²) in [7, 11) is 0. The molecule has 31 heavy (non-hydrogen) atoms. The van der Waals surface area contributed by atoms with Crippen LogP contribution in [-0.4, -0.2) is 54.0 Å². The lowest BCUT2D eigenvalue weighted by Gasteiger charge is -2.28. The molecule has 1 unspecified atom stereocenters. The van der Waals surface area contributed by atoms with E-state index in [2.05, 4.69) is 20.1 Å². The van der Waals surface area contributed by atoms with Crippen LogP contribution < -0.4 is 0 Å². The van der Waals surface area contributed by atoms with Gasteiger partial charge in [0.1, 0.15) is 6.33 Å². The summed E-state index contributed by atoms with van der Waals surface area (Å²) in [5.41, 5.74) is -4.72. The molecule has 1 atom stereocenters. The Kier molecular flexibility index (Phi) is 6.83. The first-order chi connectivity index (χ1) is 14.7. The second kappa shape index (κ2) is 9.37. The highest BCUT2D eigenvalue weighted by atomic mass is 32.2. The second-order valence-electron chi connectivity index (χ2n) is 6.18. The maximum Gasteiger partial charge on any atom is 0.446 e. The van der Waals surface area contributed by atoms with E-state index >= 15 is 0 Å². The van der Waals surface area contributed by atoms with Crippen molar-refractivity contribution in [2.45, 2.75) is 29.8 Å². The molecule has 0 saturated carbocycles. The smallest absolute Gasteiger partial charge is 0.323 e. The fourth-order valence-electron chi connectivity index (χ4n) is 2.79. The van der Waals surface area contributed by atoms with Crippen LogP contribution in [0.3, 0.4) is 0 Å². The summed E-state index contributed by atoms with van der Waals surface area (Å²) in [6.45, 7) is 0.497. The predicted molar refractivity (Wildman–Crippen MR) is 101 cm³/mol. The molecule has 7 nitrogen and oxygen atoms in total. The largest absolute Gasteiger partial charge is 0.446 e. The van der Waals surface area contributed by atoms with Crippen LogP contribution in [0.15, 0.2) is 53.9 Å². The van der Waals surface area contributed by atoms with E-state index in [0.717, 1.165) is 17.3 Å². The summed E-state index contributed by atoms with van der Waals surface area (Å²) in [4.78, 5) is 25.7. The first kappa shape index (κ1) is 22.6. The fraction of sp³-hybridized carbons (Fsp3) is 0.278. The van der Waals surface area contributed by atoms with E-state index in [-0.39, 0.29) is 22.2 Å². The quantitative estimate of drug-likeness (QED) is 0.391. The summed E-state index contributed by atoms with van der Waals surface area (Å²) in [6.07, 6.45) is 1.17. The van der Waals surface area contributed by atoms with Crippen LogP contribution in [0, 0.1) is 0 Å². The van der Waals surface area contributed by atoms with Crippen molar-refractivity contribution < 1.29 is 26.7 Å². The highest BCUT2D eigenvalue weighted by Gasteiger charge is 2.32. The average Bonchev–Trinajstić information content (AvgIpc) is 3.20. The van der Waals surface area contributed by atoms with Crippen LogP contribution in [-0.2, 0) is 0 Å². The Hall–Kier alpha value is -3.09. The number of carbonyl (C=O) groups is 1. The molecule has 3 aromatic rings. The van der Waals surface area contributed by atoms with Gasteiger partial charge in [0, 0.05) is 22.9 Å². The van der Waals surface area contributed by atoms with Gasteiger partial charge >= 0.3 is 5.51 Å². The molecule has 0 N–H and O–H groups in total. The molecular formula is C18H15F5N6OS. The number of benzene rings is 1. The van der Waals surface area contributed by atoms with E-state index in [1.54, 1.807) is 6.07 Å². The molecule has 164 valence electrons. The molecule has 0 fully saturated rings. The van der Waals surface area contributed by atoms with Crippen LogP contribution in [0.25, 0.3) is 5.95 Å². The molecule has 0 spiro atoms. The summed E-state index contributed by atoms with van der Waals surface area (Å²) in [5.74, 6) is -0.642. The molecule has 13 heteroatoms. The lowest BCUT2D eigenvalue weighted by Crippen LogP contribution is -2.38. The van der Waals surface area contributed by atoms with Crippen molar-refractivity contribution in [1.29, 1.82) is 0 Å². The summed E-state index contributed by atoms with van der Waals surface area (Å²) >= 11 is -0.398. The lowest BCUT2D eigenvalue weighted by atomic mass is 10.1. The zero-order valence-electron chi connectivity index (χ0n) is 15.9. The molecule has 2 aromatic heterocycles. The van der Waals surface area contributed by atoms with Gasteiger partial charge in [0.05, 0.1) is 12.6 Å². The van der Waals surface area contributed by atoms with Crippen molar-refractivity contribution in [2.75, 3.05) is 6.54 Å². The summed E-state index contributed by atoms with van der Waals surface area (Å²) in [6, 6.07) is 5.27. The van der Waals surface area contributed by atoms with E-state index < -0.39 is 42.2 Å². The SMILES string of the molecule is CC(c1ncnn1-c1ncccn1)N(CC(F)F)C(=O)c1cccc(SC(F)(F)F)c1. The Balaban J connectivity index is 1.94. The molecule has 1 amide bonds. The first-order valence-corrected chi connectivity index (χ1v) is 9.59. The number of carbonyl (C=O) groups excluding carboxylic acids is 1. The Morgan fingerprint density at radius 3 is 2.52 bits per heavy atom. The minimum Gasteiger partial charge on any atom is -0.323 e. The van der Waals surface area contributed by atoms with Crippen LogP contribution in [0.5, 0.6) is 0 Å². The Labute approximate surface area is 177 Å². The maximum atomic E-state index is 13.3. The van der Waals surface area contributed by atoms with Gasteiger partial charge in [-0.15, -0.1) is 0 Å². The molecule has 0 radical (unpaired) electrons. The van der Waals surface area contributed by atoms with Crippen LogP contribution in [0.1, 0.15) is 29.1 Å². The minimum atomic E-state index is -4.55. The van der Waals surface area contributed by atoms with E-state index in [1.807, 2.05) is 0 Å². The topological polar surface area (TPSA) is 76.8 Å². The van der Waals surface area contributed by atoms with Gasteiger partial charge < -0.3 is 4.90 Å². The summed E-state index contributed by atoms with van der Waals surface area (Å²) < 4.78 is 65.7. The van der Waals surface area contributed by atoms with Gasteiger partial charge in [-0.3, -0.25) is 4.79 Å². The monoisotopic (exact) mass is 458 g/mol. The van der Waals surface area contributed by atoms with Gasteiger partial charge in [-0.05, 0) is 43.0 Å². The Bertz CT molecular complexity index is 1030. The van der Waals surface area contributed by atoms with Crippen molar-refractivity contribution in [3.8, 4) is 5.95 Å². The Morgan fingerprint density at radius 2 is 1.87 bits per heavy atom. The molecule has 0 aliphatic heterocycles. The normalized spacial score (nSPS) is 12.7.